The highest BCUT2D eigenvalue weighted by atomic mass is 32.2. The van der Waals surface area contributed by atoms with Gasteiger partial charge in [-0.15, -0.1) is 0 Å². The van der Waals surface area contributed by atoms with Crippen molar-refractivity contribution in [2.24, 2.45) is 0 Å². The van der Waals surface area contributed by atoms with E-state index < -0.39 is 0 Å². The van der Waals surface area contributed by atoms with Crippen molar-refractivity contribution in [2.45, 2.75) is 24.5 Å². The van der Waals surface area contributed by atoms with Crippen molar-refractivity contribution in [3.63, 3.8) is 0 Å². The van der Waals surface area contributed by atoms with E-state index in [9.17, 15) is 0 Å². The van der Waals surface area contributed by atoms with Crippen molar-refractivity contribution >= 4 is 22.9 Å². The van der Waals surface area contributed by atoms with E-state index in [2.05, 4.69) is 23.4 Å². The first-order valence-corrected chi connectivity index (χ1v) is 6.03. The summed E-state index contributed by atoms with van der Waals surface area (Å²) in [5.74, 6) is 0. The molecule has 2 aromatic rings. The van der Waals surface area contributed by atoms with Crippen molar-refractivity contribution in [1.82, 2.24) is 4.31 Å². The second-order valence-electron chi connectivity index (χ2n) is 3.97. The van der Waals surface area contributed by atoms with Crippen LogP contribution >= 0.6 is 11.9 Å². The highest BCUT2D eigenvalue weighted by Crippen LogP contribution is 2.34. The zero-order chi connectivity index (χ0) is 10.3. The molecule has 3 rings (SSSR count). The molecule has 1 fully saturated rings. The third-order valence-electron chi connectivity index (χ3n) is 2.87. The molecule has 1 saturated heterocycles. The van der Waals surface area contributed by atoms with E-state index >= 15 is 0 Å². The van der Waals surface area contributed by atoms with E-state index in [1.54, 1.807) is 11.9 Å². The Morgan fingerprint density at radius 2 is 2.27 bits per heavy atom. The Hall–Kier alpha value is -0.930. The van der Waals surface area contributed by atoms with Crippen LogP contribution in [0.2, 0.25) is 0 Å². The van der Waals surface area contributed by atoms with Crippen LogP contribution in [0.1, 0.15) is 13.3 Å². The Morgan fingerprint density at radius 1 is 1.40 bits per heavy atom. The lowest BCUT2D eigenvalue weighted by molar-refractivity contribution is 0.237. The van der Waals surface area contributed by atoms with Gasteiger partial charge in [-0.25, -0.2) is 4.31 Å². The van der Waals surface area contributed by atoms with Gasteiger partial charge in [0.2, 0.25) is 0 Å². The van der Waals surface area contributed by atoms with Crippen LogP contribution in [0.5, 0.6) is 0 Å². The Morgan fingerprint density at radius 3 is 2.93 bits per heavy atom. The Balaban J connectivity index is 1.85. The molecular weight excluding hydrogens is 206 g/mol. The van der Waals surface area contributed by atoms with Gasteiger partial charge in [0.25, 0.3) is 0 Å². The van der Waals surface area contributed by atoms with E-state index in [1.165, 1.54) is 18.4 Å². The van der Waals surface area contributed by atoms with Crippen LogP contribution in [-0.2, 0) is 0 Å². The molecule has 2 nitrogen and oxygen atoms in total. The average molecular weight is 219 g/mol. The monoisotopic (exact) mass is 219 g/mol. The van der Waals surface area contributed by atoms with Gasteiger partial charge >= 0.3 is 0 Å². The molecule has 2 heterocycles. The summed E-state index contributed by atoms with van der Waals surface area (Å²) in [4.78, 5) is 0. The van der Waals surface area contributed by atoms with Crippen molar-refractivity contribution in [2.75, 3.05) is 6.54 Å². The summed E-state index contributed by atoms with van der Waals surface area (Å²) in [6, 6.07) is 10.9. The van der Waals surface area contributed by atoms with Gasteiger partial charge in [-0.2, -0.15) is 0 Å². The van der Waals surface area contributed by atoms with Gasteiger partial charge in [0.1, 0.15) is 5.58 Å². The Bertz CT molecular complexity index is 446. The first-order valence-electron chi connectivity index (χ1n) is 5.26. The molecule has 0 saturated carbocycles. The van der Waals surface area contributed by atoms with E-state index in [0.717, 1.165) is 10.7 Å². The maximum Gasteiger partial charge on any atom is 0.176 e. The highest BCUT2D eigenvalue weighted by molar-refractivity contribution is 7.97. The predicted octanol–water partition coefficient (Wildman–Crippen LogP) is 3.53. The van der Waals surface area contributed by atoms with Crippen molar-refractivity contribution < 1.29 is 4.42 Å². The van der Waals surface area contributed by atoms with Crippen LogP contribution in [0.25, 0.3) is 11.0 Å². The first-order chi connectivity index (χ1) is 7.33. The lowest BCUT2D eigenvalue weighted by atomic mass is 10.1. The molecule has 1 aliphatic heterocycles. The second-order valence-corrected chi connectivity index (χ2v) is 5.03. The van der Waals surface area contributed by atoms with Gasteiger partial charge in [-0.3, -0.25) is 0 Å². The van der Waals surface area contributed by atoms with Crippen LogP contribution in [-0.4, -0.2) is 16.9 Å². The number of hydrogen-bond donors (Lipinski definition) is 0. The third-order valence-corrected chi connectivity index (χ3v) is 4.03. The maximum atomic E-state index is 5.74. The minimum absolute atomic E-state index is 0.684. The molecule has 0 radical (unpaired) electrons. The van der Waals surface area contributed by atoms with Crippen LogP contribution < -0.4 is 0 Å². The number of benzene rings is 1. The van der Waals surface area contributed by atoms with Crippen LogP contribution in [0.3, 0.4) is 0 Å². The normalized spacial score (nSPS) is 21.8. The predicted molar refractivity (Wildman–Crippen MR) is 62.9 cm³/mol. The van der Waals surface area contributed by atoms with Crippen LogP contribution in [0.4, 0.5) is 0 Å². The van der Waals surface area contributed by atoms with E-state index in [-0.39, 0.29) is 0 Å². The van der Waals surface area contributed by atoms with Gasteiger partial charge < -0.3 is 4.42 Å². The van der Waals surface area contributed by atoms with Crippen molar-refractivity contribution in [3.8, 4) is 0 Å². The van der Waals surface area contributed by atoms with E-state index in [1.807, 2.05) is 18.2 Å². The van der Waals surface area contributed by atoms with Gasteiger partial charge in [-0.1, -0.05) is 18.2 Å². The lowest BCUT2D eigenvalue weighted by Gasteiger charge is -2.36. The standard InChI is InChI=1S/C12H13NOS/c1-9-6-7-13(9)15-12-8-10-4-2-3-5-11(10)14-12/h2-5,8-9H,6-7H2,1H3. The van der Waals surface area contributed by atoms with E-state index in [4.69, 9.17) is 4.42 Å². The largest absolute Gasteiger partial charge is 0.449 e. The lowest BCUT2D eigenvalue weighted by Crippen LogP contribution is -2.39. The molecule has 0 aliphatic carbocycles. The van der Waals surface area contributed by atoms with Gasteiger partial charge in [-0.05, 0) is 37.4 Å². The fraction of sp³-hybridized carbons (Fsp3) is 0.333. The number of nitrogens with zero attached hydrogens (tertiary/aromatic N) is 1. The molecule has 1 aromatic carbocycles. The van der Waals surface area contributed by atoms with Crippen LogP contribution in [0.15, 0.2) is 39.8 Å². The summed E-state index contributed by atoms with van der Waals surface area (Å²) in [7, 11) is 0. The number of hydrogen-bond acceptors (Lipinski definition) is 3. The molecule has 3 heteroatoms. The molecule has 1 aliphatic rings. The smallest absolute Gasteiger partial charge is 0.176 e. The number of rotatable bonds is 2. The summed E-state index contributed by atoms with van der Waals surface area (Å²) < 4.78 is 8.10. The highest BCUT2D eigenvalue weighted by Gasteiger charge is 2.25. The number of para-hydroxylation sites is 1. The minimum atomic E-state index is 0.684. The molecule has 0 amide bonds. The fourth-order valence-electron chi connectivity index (χ4n) is 1.75. The third kappa shape index (κ3) is 1.66. The molecule has 0 bridgehead atoms. The zero-order valence-electron chi connectivity index (χ0n) is 8.64. The molecule has 0 spiro atoms. The second kappa shape index (κ2) is 3.58. The molecule has 0 N–H and O–H groups in total. The molecule has 1 atom stereocenters. The van der Waals surface area contributed by atoms with Crippen LogP contribution in [0, 0.1) is 0 Å². The summed E-state index contributed by atoms with van der Waals surface area (Å²) in [6.07, 6.45) is 1.30. The maximum absolute atomic E-state index is 5.74. The van der Waals surface area contributed by atoms with E-state index in [0.29, 0.717) is 6.04 Å². The van der Waals surface area contributed by atoms with Crippen molar-refractivity contribution in [3.05, 3.63) is 30.3 Å². The molecule has 1 unspecified atom stereocenters. The molecule has 78 valence electrons. The fourth-order valence-corrected chi connectivity index (χ4v) is 2.77. The molecular formula is C12H13NOS. The topological polar surface area (TPSA) is 16.4 Å². The van der Waals surface area contributed by atoms with Gasteiger partial charge in [0.15, 0.2) is 5.09 Å². The summed E-state index contributed by atoms with van der Waals surface area (Å²) in [6.45, 7) is 3.42. The minimum Gasteiger partial charge on any atom is -0.449 e. The summed E-state index contributed by atoms with van der Waals surface area (Å²) in [5.41, 5.74) is 0.980. The zero-order valence-corrected chi connectivity index (χ0v) is 9.46. The quantitative estimate of drug-likeness (QED) is 0.719. The van der Waals surface area contributed by atoms with Gasteiger partial charge in [0.05, 0.1) is 0 Å². The van der Waals surface area contributed by atoms with Gasteiger partial charge in [0, 0.05) is 18.0 Å². The SMILES string of the molecule is CC1CCN1Sc1cc2ccccc2o1. The average Bonchev–Trinajstić information content (AvgIpc) is 2.66. The molecule has 15 heavy (non-hydrogen) atoms. The number of fused-ring (bicyclic) bond motifs is 1. The summed E-state index contributed by atoms with van der Waals surface area (Å²) in [5, 5.41) is 2.19. The number of furan rings is 1. The molecule has 1 aromatic heterocycles. The summed E-state index contributed by atoms with van der Waals surface area (Å²) >= 11 is 1.73. The first kappa shape index (κ1) is 9.31. The van der Waals surface area contributed by atoms with Crippen molar-refractivity contribution in [1.29, 1.82) is 0 Å². The Labute approximate surface area is 93.4 Å². The Kier molecular flexibility index (Phi) is 2.22.